The number of rotatable bonds is 0. The lowest BCUT2D eigenvalue weighted by atomic mass is 9.96. The van der Waals surface area contributed by atoms with Crippen molar-refractivity contribution in [3.05, 3.63) is 35.4 Å². The molecule has 0 radical (unpaired) electrons. The van der Waals surface area contributed by atoms with Gasteiger partial charge in [-0.2, -0.15) is 0 Å². The molecule has 3 heterocycles. The molecule has 0 saturated heterocycles. The van der Waals surface area contributed by atoms with E-state index in [1.807, 2.05) is 45.1 Å². The van der Waals surface area contributed by atoms with Gasteiger partial charge in [-0.15, -0.1) is 0 Å². The summed E-state index contributed by atoms with van der Waals surface area (Å²) in [4.78, 5) is 14.2. The Bertz CT molecular complexity index is 618. The van der Waals surface area contributed by atoms with Crippen LogP contribution >= 0.6 is 0 Å². The SMILES string of the molecule is CC(C)(C)OC(=O)N1C2C=CC1c1cc3c(cc12)OCO3. The number of nitrogens with zero attached hydrogens (tertiary/aromatic N) is 1. The number of carbonyl (C=O) groups is 1. The highest BCUT2D eigenvalue weighted by Gasteiger charge is 2.45. The number of hydrogen-bond donors (Lipinski definition) is 0. The minimum atomic E-state index is -0.501. The first-order valence-electron chi connectivity index (χ1n) is 7.07. The van der Waals surface area contributed by atoms with E-state index in [1.165, 1.54) is 0 Å². The molecule has 5 heteroatoms. The summed E-state index contributed by atoms with van der Waals surface area (Å²) < 4.78 is 16.4. The number of amides is 1. The number of hydrogen-bond acceptors (Lipinski definition) is 4. The molecule has 0 aromatic heterocycles. The van der Waals surface area contributed by atoms with E-state index in [0.29, 0.717) is 0 Å². The topological polar surface area (TPSA) is 48.0 Å². The Labute approximate surface area is 123 Å². The summed E-state index contributed by atoms with van der Waals surface area (Å²) in [5, 5.41) is 0. The monoisotopic (exact) mass is 287 g/mol. The van der Waals surface area contributed by atoms with Gasteiger partial charge >= 0.3 is 6.09 Å². The van der Waals surface area contributed by atoms with Gasteiger partial charge in [0.05, 0.1) is 12.1 Å². The molecule has 2 unspecified atom stereocenters. The van der Waals surface area contributed by atoms with Crippen molar-refractivity contribution in [2.75, 3.05) is 6.79 Å². The maximum absolute atomic E-state index is 12.4. The lowest BCUT2D eigenvalue weighted by molar-refractivity contribution is 0.0196. The maximum atomic E-state index is 12.4. The summed E-state index contributed by atoms with van der Waals surface area (Å²) in [6.45, 7) is 5.88. The number of fused-ring (bicyclic) bond motifs is 6. The fraction of sp³-hybridized carbons (Fsp3) is 0.438. The van der Waals surface area contributed by atoms with E-state index >= 15 is 0 Å². The Hall–Kier alpha value is -2.17. The van der Waals surface area contributed by atoms with Gasteiger partial charge in [0.15, 0.2) is 11.5 Å². The number of benzene rings is 1. The van der Waals surface area contributed by atoms with E-state index in [9.17, 15) is 4.79 Å². The number of carbonyl (C=O) groups excluding carboxylic acids is 1. The molecule has 4 rings (SSSR count). The summed E-state index contributed by atoms with van der Waals surface area (Å²) in [6, 6.07) is 3.80. The van der Waals surface area contributed by atoms with Gasteiger partial charge in [-0.1, -0.05) is 12.2 Å². The van der Waals surface area contributed by atoms with Gasteiger partial charge in [0.1, 0.15) is 5.60 Å². The molecule has 3 aliphatic rings. The van der Waals surface area contributed by atoms with E-state index in [2.05, 4.69) is 0 Å². The molecule has 1 amide bonds. The fourth-order valence-corrected chi connectivity index (χ4v) is 3.10. The summed E-state index contributed by atoms with van der Waals surface area (Å²) in [7, 11) is 0. The van der Waals surface area contributed by atoms with Crippen LogP contribution in [0.25, 0.3) is 0 Å². The first kappa shape index (κ1) is 12.6. The zero-order chi connectivity index (χ0) is 14.8. The van der Waals surface area contributed by atoms with Crippen LogP contribution in [0.2, 0.25) is 0 Å². The van der Waals surface area contributed by atoms with Gasteiger partial charge in [0.2, 0.25) is 6.79 Å². The maximum Gasteiger partial charge on any atom is 0.411 e. The zero-order valence-electron chi connectivity index (χ0n) is 12.3. The van der Waals surface area contributed by atoms with Crippen molar-refractivity contribution in [2.24, 2.45) is 0 Å². The van der Waals surface area contributed by atoms with E-state index in [0.717, 1.165) is 22.6 Å². The summed E-state index contributed by atoms with van der Waals surface area (Å²) in [6.07, 6.45) is 3.79. The molecule has 110 valence electrons. The Morgan fingerprint density at radius 1 is 1.14 bits per heavy atom. The van der Waals surface area contributed by atoms with Crippen molar-refractivity contribution >= 4 is 6.09 Å². The first-order chi connectivity index (χ1) is 9.94. The molecule has 3 aliphatic heterocycles. The molecule has 1 aromatic carbocycles. The van der Waals surface area contributed by atoms with Gasteiger partial charge in [0.25, 0.3) is 0 Å². The molecular weight excluding hydrogens is 270 g/mol. The predicted molar refractivity (Wildman–Crippen MR) is 75.3 cm³/mol. The molecule has 5 nitrogen and oxygen atoms in total. The largest absolute Gasteiger partial charge is 0.454 e. The minimum Gasteiger partial charge on any atom is -0.454 e. The third-order valence-corrected chi connectivity index (χ3v) is 3.89. The summed E-state index contributed by atoms with van der Waals surface area (Å²) >= 11 is 0. The van der Waals surface area contributed by atoms with Gasteiger partial charge in [0, 0.05) is 0 Å². The number of ether oxygens (including phenoxy) is 3. The van der Waals surface area contributed by atoms with Crippen molar-refractivity contribution in [1.29, 1.82) is 0 Å². The van der Waals surface area contributed by atoms with Gasteiger partial charge in [-0.3, -0.25) is 4.90 Å². The summed E-state index contributed by atoms with van der Waals surface area (Å²) in [5.41, 5.74) is 1.69. The van der Waals surface area contributed by atoms with Crippen LogP contribution in [0.1, 0.15) is 44.0 Å². The molecule has 0 aliphatic carbocycles. The van der Waals surface area contributed by atoms with Crippen LogP contribution in [0.4, 0.5) is 4.79 Å². The third kappa shape index (κ3) is 1.80. The van der Waals surface area contributed by atoms with Crippen molar-refractivity contribution in [3.63, 3.8) is 0 Å². The minimum absolute atomic E-state index is 0.0747. The quantitative estimate of drug-likeness (QED) is 0.687. The van der Waals surface area contributed by atoms with E-state index in [-0.39, 0.29) is 25.0 Å². The Balaban J connectivity index is 1.68. The molecule has 2 bridgehead atoms. The third-order valence-electron chi connectivity index (χ3n) is 3.89. The van der Waals surface area contributed by atoms with Crippen LogP contribution in [-0.4, -0.2) is 23.4 Å². The van der Waals surface area contributed by atoms with Crippen LogP contribution in [0.3, 0.4) is 0 Å². The van der Waals surface area contributed by atoms with Gasteiger partial charge in [-0.05, 0) is 44.0 Å². The Morgan fingerprint density at radius 2 is 1.67 bits per heavy atom. The molecule has 0 spiro atoms. The lowest BCUT2D eigenvalue weighted by Gasteiger charge is -2.27. The van der Waals surface area contributed by atoms with E-state index in [1.54, 1.807) is 4.90 Å². The van der Waals surface area contributed by atoms with Gasteiger partial charge < -0.3 is 14.2 Å². The second-order valence-corrected chi connectivity index (χ2v) is 6.50. The first-order valence-corrected chi connectivity index (χ1v) is 7.07. The zero-order valence-corrected chi connectivity index (χ0v) is 12.3. The van der Waals surface area contributed by atoms with Crippen LogP contribution in [0.5, 0.6) is 11.5 Å². The van der Waals surface area contributed by atoms with Crippen LogP contribution in [-0.2, 0) is 4.74 Å². The molecule has 2 atom stereocenters. The molecule has 21 heavy (non-hydrogen) atoms. The smallest absolute Gasteiger partial charge is 0.411 e. The molecule has 0 N–H and O–H groups in total. The van der Waals surface area contributed by atoms with Crippen molar-refractivity contribution in [3.8, 4) is 11.5 Å². The lowest BCUT2D eigenvalue weighted by Crippen LogP contribution is -2.35. The van der Waals surface area contributed by atoms with Crippen molar-refractivity contribution in [2.45, 2.75) is 38.5 Å². The second kappa shape index (κ2) is 3.93. The van der Waals surface area contributed by atoms with Crippen LogP contribution in [0.15, 0.2) is 24.3 Å². The second-order valence-electron chi connectivity index (χ2n) is 6.50. The van der Waals surface area contributed by atoms with Crippen LogP contribution < -0.4 is 9.47 Å². The van der Waals surface area contributed by atoms with E-state index in [4.69, 9.17) is 14.2 Å². The fourth-order valence-electron chi connectivity index (χ4n) is 3.10. The highest BCUT2D eigenvalue weighted by molar-refractivity contribution is 5.74. The van der Waals surface area contributed by atoms with Crippen molar-refractivity contribution < 1.29 is 19.0 Å². The van der Waals surface area contributed by atoms with Crippen molar-refractivity contribution in [1.82, 2.24) is 4.90 Å². The normalized spacial score (nSPS) is 24.4. The molecule has 1 aromatic rings. The average Bonchev–Trinajstić information content (AvgIpc) is 3.07. The van der Waals surface area contributed by atoms with Gasteiger partial charge in [-0.25, -0.2) is 4.79 Å². The molecular formula is C16H17NO4. The highest BCUT2D eigenvalue weighted by Crippen LogP contribution is 2.52. The Morgan fingerprint density at radius 3 is 2.14 bits per heavy atom. The standard InChI is InChI=1S/C16H17NO4/c1-16(2,3)21-15(18)17-11-4-5-12(17)10-7-14-13(6-9(10)11)19-8-20-14/h4-7,11-12H,8H2,1-3H3. The predicted octanol–water partition coefficient (Wildman–Crippen LogP) is 3.32. The van der Waals surface area contributed by atoms with Crippen LogP contribution in [0, 0.1) is 0 Å². The summed E-state index contributed by atoms with van der Waals surface area (Å²) in [5.74, 6) is 1.50. The van der Waals surface area contributed by atoms with E-state index < -0.39 is 5.60 Å². The highest BCUT2D eigenvalue weighted by atomic mass is 16.7. The average molecular weight is 287 g/mol. The molecule has 0 saturated carbocycles. The Kier molecular flexibility index (Phi) is 2.35. The molecule has 0 fully saturated rings.